The van der Waals surface area contributed by atoms with Crippen molar-refractivity contribution >= 4 is 29.8 Å². The van der Waals surface area contributed by atoms with Crippen LogP contribution in [-0.2, 0) is 35.0 Å². The number of methoxy groups -OCH3 is 2. The number of nitrogens with zero attached hydrogens (tertiary/aromatic N) is 3. The van der Waals surface area contributed by atoms with Crippen LogP contribution in [0.15, 0.2) is 18.7 Å². The van der Waals surface area contributed by atoms with Gasteiger partial charge in [-0.2, -0.15) is 5.26 Å². The van der Waals surface area contributed by atoms with Gasteiger partial charge in [0.15, 0.2) is 29.8 Å². The van der Waals surface area contributed by atoms with E-state index in [1.807, 2.05) is 14.0 Å². The highest BCUT2D eigenvalue weighted by Crippen LogP contribution is 2.64. The fourth-order valence-corrected chi connectivity index (χ4v) is 10.3. The molecule has 17 heteroatoms. The summed E-state index contributed by atoms with van der Waals surface area (Å²) >= 11 is 1.37. The van der Waals surface area contributed by atoms with Crippen LogP contribution in [0.5, 0.6) is 28.7 Å². The minimum atomic E-state index is -1.11. The number of hydrogen-bond acceptors (Lipinski definition) is 16. The predicted octanol–water partition coefficient (Wildman–Crippen LogP) is 3.81. The first kappa shape index (κ1) is 39.5. The molecule has 2 unspecified atom stereocenters. The Kier molecular flexibility index (Phi) is 11.6. The molecule has 0 spiro atoms. The van der Waals surface area contributed by atoms with Crippen LogP contribution in [0.3, 0.4) is 0 Å². The van der Waals surface area contributed by atoms with Crippen molar-refractivity contribution in [3.63, 3.8) is 0 Å². The van der Waals surface area contributed by atoms with E-state index in [1.165, 1.54) is 24.8 Å². The van der Waals surface area contributed by atoms with Crippen molar-refractivity contribution < 1.29 is 57.0 Å². The molecule has 2 saturated heterocycles. The minimum absolute atomic E-state index is 0.0337. The molecule has 6 heterocycles. The van der Waals surface area contributed by atoms with Gasteiger partial charge < -0.3 is 47.9 Å². The van der Waals surface area contributed by atoms with Gasteiger partial charge >= 0.3 is 18.0 Å². The van der Waals surface area contributed by atoms with E-state index in [1.54, 1.807) is 21.1 Å². The number of piperazine rings is 1. The average molecular weight is 795 g/mol. The predicted molar refractivity (Wildman–Crippen MR) is 200 cm³/mol. The van der Waals surface area contributed by atoms with E-state index in [0.29, 0.717) is 65.1 Å². The topological polar surface area (TPSA) is 177 Å². The van der Waals surface area contributed by atoms with Crippen molar-refractivity contribution in [1.82, 2.24) is 15.1 Å². The zero-order chi connectivity index (χ0) is 39.8. The zero-order valence-electron chi connectivity index (χ0n) is 32.2. The number of ether oxygens (including phenoxy) is 9. The molecule has 0 saturated carbocycles. The second kappa shape index (κ2) is 16.4. The number of carbonyl (C=O) groups excluding carboxylic acids is 3. The number of nitriles is 1. The molecule has 2 fully saturated rings. The molecule has 7 atom stereocenters. The van der Waals surface area contributed by atoms with E-state index in [9.17, 15) is 19.6 Å². The molecule has 0 radical (unpaired) electrons. The van der Waals surface area contributed by atoms with Gasteiger partial charge in [-0.25, -0.2) is 9.59 Å². The maximum absolute atomic E-state index is 13.8. The number of amides is 1. The van der Waals surface area contributed by atoms with Crippen molar-refractivity contribution in [3.8, 4) is 34.8 Å². The van der Waals surface area contributed by atoms with Gasteiger partial charge in [-0.1, -0.05) is 18.7 Å². The number of nitrogens with one attached hydrogen (secondary N) is 1. The molecule has 0 aliphatic carbocycles. The fourth-order valence-electron chi connectivity index (χ4n) is 8.81. The van der Waals surface area contributed by atoms with Crippen molar-refractivity contribution in [2.75, 3.05) is 67.0 Å². The Morgan fingerprint density at radius 1 is 1.11 bits per heavy atom. The van der Waals surface area contributed by atoms with Crippen LogP contribution in [0.2, 0.25) is 0 Å². The third-order valence-corrected chi connectivity index (χ3v) is 12.4. The summed E-state index contributed by atoms with van der Waals surface area (Å²) in [5.41, 5.74) is 4.57. The maximum atomic E-state index is 13.8. The third-order valence-electron chi connectivity index (χ3n) is 11.0. The number of thioether (sulfide) groups is 1. The summed E-state index contributed by atoms with van der Waals surface area (Å²) in [6, 6.07) is 0.866. The third kappa shape index (κ3) is 6.76. The van der Waals surface area contributed by atoms with E-state index in [0.717, 1.165) is 16.7 Å². The molecule has 6 aliphatic heterocycles. The first-order chi connectivity index (χ1) is 27.1. The van der Waals surface area contributed by atoms with Crippen molar-refractivity contribution in [2.45, 2.75) is 68.7 Å². The summed E-state index contributed by atoms with van der Waals surface area (Å²) in [5.74, 6) is 1.05. The zero-order valence-corrected chi connectivity index (χ0v) is 33.0. The molecular weight excluding hydrogens is 749 g/mol. The molecule has 16 nitrogen and oxygen atoms in total. The number of fused-ring (bicyclic) bond motifs is 10. The fraction of sp³-hybridized carbons (Fsp3) is 0.538. The lowest BCUT2D eigenvalue weighted by atomic mass is 9.71. The highest BCUT2D eigenvalue weighted by molar-refractivity contribution is 7.99. The molecule has 0 aromatic heterocycles. The van der Waals surface area contributed by atoms with E-state index >= 15 is 0 Å². The first-order valence-electron chi connectivity index (χ1n) is 18.3. The van der Waals surface area contributed by atoms with Gasteiger partial charge in [0.25, 0.3) is 0 Å². The van der Waals surface area contributed by atoms with Crippen LogP contribution >= 0.6 is 11.8 Å². The number of aryl methyl sites for hydroxylation is 1. The molecule has 300 valence electrons. The van der Waals surface area contributed by atoms with Crippen LogP contribution in [0, 0.1) is 25.2 Å². The monoisotopic (exact) mass is 794 g/mol. The summed E-state index contributed by atoms with van der Waals surface area (Å²) in [7, 11) is 5.19. The molecule has 1 amide bonds. The molecule has 1 N–H and O–H groups in total. The highest BCUT2D eigenvalue weighted by atomic mass is 32.2. The molecule has 56 heavy (non-hydrogen) atoms. The number of alkyl carbamates (subject to hydrolysis) is 1. The van der Waals surface area contributed by atoms with Gasteiger partial charge in [0.05, 0.1) is 43.7 Å². The normalized spacial score (nSPS) is 26.1. The number of carbonyl (C=O) groups is 3. The summed E-state index contributed by atoms with van der Waals surface area (Å²) in [4.78, 5) is 43.8. The Bertz CT molecular complexity index is 1950. The van der Waals surface area contributed by atoms with E-state index in [-0.39, 0.29) is 38.6 Å². The second-order valence-corrected chi connectivity index (χ2v) is 15.3. The Morgan fingerprint density at radius 3 is 2.61 bits per heavy atom. The second-order valence-electron chi connectivity index (χ2n) is 14.1. The van der Waals surface area contributed by atoms with Crippen molar-refractivity contribution in [3.05, 3.63) is 52.1 Å². The number of likely N-dealkylation sites (N-methyl/N-ethyl adjacent to an activating group) is 1. The standard InChI is InChI=1S/C39H46N4O12S/c1-8-9-50-39(46)41-23-16-56-37-29-28(36-34(53-18-54-36)20(3)33(29)55-21(4)44)26(15-51-38(23)45)43-25(14-40)24-13-22-12-19(2)32(48-7)35(52-17-49-11-10-47-6)27(22)30(31(37)43)42(24)5/h8,12,23-26,30-31,37H,1,9-11,13,15-18H2,2-7H3,(H,41,46)/t23?,24-,25-,26+,30+,31?,37+/m0/s1. The van der Waals surface area contributed by atoms with Gasteiger partial charge in [-0.3, -0.25) is 14.6 Å². The largest absolute Gasteiger partial charge is 0.493 e. The van der Waals surface area contributed by atoms with Gasteiger partial charge in [-0.05, 0) is 38.4 Å². The lowest BCUT2D eigenvalue weighted by molar-refractivity contribution is -0.151. The Balaban J connectivity index is 1.46. The highest BCUT2D eigenvalue weighted by Gasteiger charge is 2.61. The summed E-state index contributed by atoms with van der Waals surface area (Å²) in [6.07, 6.45) is 1.13. The van der Waals surface area contributed by atoms with Crippen molar-refractivity contribution in [1.29, 1.82) is 5.26 Å². The molecule has 6 aliphatic rings. The van der Waals surface area contributed by atoms with Crippen LogP contribution in [0.25, 0.3) is 0 Å². The van der Waals surface area contributed by atoms with Crippen LogP contribution in [-0.4, -0.2) is 119 Å². The number of rotatable bonds is 11. The minimum Gasteiger partial charge on any atom is -0.493 e. The van der Waals surface area contributed by atoms with Gasteiger partial charge in [0.1, 0.15) is 31.0 Å². The van der Waals surface area contributed by atoms with Crippen LogP contribution in [0.1, 0.15) is 57.6 Å². The van der Waals surface area contributed by atoms with E-state index in [2.05, 4.69) is 33.8 Å². The lowest BCUT2D eigenvalue weighted by Crippen LogP contribution is -2.69. The van der Waals surface area contributed by atoms with E-state index in [4.69, 9.17) is 42.6 Å². The maximum Gasteiger partial charge on any atom is 0.408 e. The Hall–Kier alpha value is -4.73. The molecule has 2 aromatic rings. The van der Waals surface area contributed by atoms with Crippen LogP contribution in [0.4, 0.5) is 4.79 Å². The molecule has 2 aromatic carbocycles. The number of esters is 2. The summed E-state index contributed by atoms with van der Waals surface area (Å²) in [6.45, 7) is 8.97. The van der Waals surface area contributed by atoms with Gasteiger partial charge in [0, 0.05) is 54.1 Å². The number of hydrogen-bond donors (Lipinski definition) is 1. The molecule has 8 rings (SSSR count). The Morgan fingerprint density at radius 2 is 1.89 bits per heavy atom. The first-order valence-corrected chi connectivity index (χ1v) is 19.4. The quantitative estimate of drug-likeness (QED) is 0.114. The summed E-state index contributed by atoms with van der Waals surface area (Å²) in [5, 5.41) is 13.2. The molecule has 4 bridgehead atoms. The smallest absolute Gasteiger partial charge is 0.408 e. The molecular formula is C39H46N4O12S. The van der Waals surface area contributed by atoms with Gasteiger partial charge in [-0.15, -0.1) is 11.8 Å². The summed E-state index contributed by atoms with van der Waals surface area (Å²) < 4.78 is 52.9. The van der Waals surface area contributed by atoms with E-state index < -0.39 is 53.5 Å². The lowest BCUT2D eigenvalue weighted by Gasteiger charge is -2.61. The van der Waals surface area contributed by atoms with Gasteiger partial charge in [0.2, 0.25) is 6.79 Å². The Labute approximate surface area is 329 Å². The number of benzene rings is 2. The van der Waals surface area contributed by atoms with Crippen molar-refractivity contribution in [2.24, 2.45) is 0 Å². The average Bonchev–Trinajstić information content (AvgIpc) is 3.66. The SMILES string of the molecule is C=CCOC(=O)NC1CS[C@@H]2c3c(OC(C)=O)c(C)c4c(c3[C@@H](COC1=O)N1C2[C@H]2c3c(cc(C)c(OC)c3OCOCCOC)C[C@@H]([C@@H]1C#N)N2C)OCO4. The van der Waals surface area contributed by atoms with Crippen LogP contribution < -0.4 is 29.0 Å².